The summed E-state index contributed by atoms with van der Waals surface area (Å²) in [6.07, 6.45) is -7.18. The van der Waals surface area contributed by atoms with Crippen LogP contribution in [0.25, 0.3) is 22.5 Å². The van der Waals surface area contributed by atoms with E-state index in [9.17, 15) is 35.9 Å². The Morgan fingerprint density at radius 1 is 0.886 bits per heavy atom. The lowest BCUT2D eigenvalue weighted by molar-refractivity contribution is -0.191. The molecule has 0 spiro atoms. The first-order chi connectivity index (χ1) is 20.2. The Bertz CT molecular complexity index is 1540. The maximum atomic E-state index is 13.3. The number of halogens is 6. The van der Waals surface area contributed by atoms with Crippen molar-refractivity contribution in [2.24, 2.45) is 7.05 Å². The molecule has 1 aliphatic heterocycles. The number of aromatic nitrogens is 5. The molecule has 1 saturated heterocycles. The van der Waals surface area contributed by atoms with Crippen LogP contribution in [0.15, 0.2) is 30.6 Å². The van der Waals surface area contributed by atoms with Crippen molar-refractivity contribution in [3.8, 4) is 34.0 Å². The van der Waals surface area contributed by atoms with E-state index >= 15 is 0 Å². The van der Waals surface area contributed by atoms with Gasteiger partial charge in [0, 0.05) is 43.0 Å². The van der Waals surface area contributed by atoms with Crippen LogP contribution in [0.1, 0.15) is 40.5 Å². The summed E-state index contributed by atoms with van der Waals surface area (Å²) in [4.78, 5) is 29.9. The zero-order chi connectivity index (χ0) is 32.8. The highest BCUT2D eigenvalue weighted by Gasteiger charge is 2.45. The van der Waals surface area contributed by atoms with Gasteiger partial charge in [-0.1, -0.05) is 0 Å². The number of hydrogen-bond donors (Lipinski definition) is 1. The summed E-state index contributed by atoms with van der Waals surface area (Å²) in [5.41, 5.74) is -1.64. The quantitative estimate of drug-likeness (QED) is 0.235. The molecule has 0 amide bonds. The SMILES string of the molecule is CN(c1ncc(-c2ccc(-c3ccn(C)n3)c(OC(=O)C(F)(F)F)c2OC(=O)C(F)(F)F)nn1)C1CC(C)(C)NC(C)(C)C1. The number of alkyl halides is 6. The van der Waals surface area contributed by atoms with E-state index in [2.05, 4.69) is 62.8 Å². The number of hydrogen-bond acceptors (Lipinski definition) is 10. The molecule has 1 fully saturated rings. The fraction of sp³-hybridized carbons (Fsp3) is 0.481. The summed E-state index contributed by atoms with van der Waals surface area (Å²) in [5, 5.41) is 15.7. The standard InChI is InChI=1S/C27H29F6N7O4/c1-24(2)11-14(12-25(3,4)38-24)40(6)23-34-13-18(35-36-23)16-8-7-15(17-9-10-39(5)37-17)19(43-21(41)26(28,29)30)20(16)44-22(42)27(31,32)33/h7-10,13-14,38H,11-12H2,1-6H3. The molecule has 0 saturated carbocycles. The molecule has 2 aromatic heterocycles. The van der Waals surface area contributed by atoms with Crippen molar-refractivity contribution in [2.45, 2.75) is 70.0 Å². The number of ether oxygens (including phenoxy) is 2. The number of anilines is 1. The first-order valence-electron chi connectivity index (χ1n) is 13.1. The lowest BCUT2D eigenvalue weighted by Gasteiger charge is -2.48. The molecule has 0 unspecified atom stereocenters. The number of aryl methyl sites for hydroxylation is 1. The van der Waals surface area contributed by atoms with E-state index in [0.717, 1.165) is 31.2 Å². The van der Waals surface area contributed by atoms with Crippen molar-refractivity contribution < 1.29 is 45.4 Å². The van der Waals surface area contributed by atoms with Crippen molar-refractivity contribution in [1.82, 2.24) is 30.3 Å². The topological polar surface area (TPSA) is 124 Å². The van der Waals surface area contributed by atoms with Crippen LogP contribution >= 0.6 is 0 Å². The number of carbonyl (C=O) groups excluding carboxylic acids is 2. The number of rotatable bonds is 6. The largest absolute Gasteiger partial charge is 0.491 e. The van der Waals surface area contributed by atoms with Crippen molar-refractivity contribution in [1.29, 1.82) is 0 Å². The van der Waals surface area contributed by atoms with Crippen LogP contribution < -0.4 is 19.7 Å². The minimum atomic E-state index is -5.56. The van der Waals surface area contributed by atoms with Gasteiger partial charge in [-0.25, -0.2) is 14.6 Å². The van der Waals surface area contributed by atoms with Crippen LogP contribution in [0.3, 0.4) is 0 Å². The molecule has 0 radical (unpaired) electrons. The Morgan fingerprint density at radius 2 is 1.39 bits per heavy atom. The number of benzene rings is 1. The summed E-state index contributed by atoms with van der Waals surface area (Å²) < 4.78 is 89.8. The Labute approximate surface area is 247 Å². The van der Waals surface area contributed by atoms with Gasteiger partial charge < -0.3 is 19.7 Å². The van der Waals surface area contributed by atoms with Gasteiger partial charge in [-0.2, -0.15) is 31.4 Å². The molecule has 44 heavy (non-hydrogen) atoms. The molecule has 1 N–H and O–H groups in total. The Kier molecular flexibility index (Phi) is 8.40. The summed E-state index contributed by atoms with van der Waals surface area (Å²) in [7, 11) is 3.22. The van der Waals surface area contributed by atoms with Gasteiger partial charge >= 0.3 is 24.3 Å². The van der Waals surface area contributed by atoms with E-state index in [1.165, 1.54) is 24.0 Å². The van der Waals surface area contributed by atoms with E-state index in [1.807, 2.05) is 0 Å². The van der Waals surface area contributed by atoms with E-state index in [1.54, 1.807) is 11.9 Å². The molecular formula is C27H29F6N7O4. The van der Waals surface area contributed by atoms with Crippen molar-refractivity contribution in [2.75, 3.05) is 11.9 Å². The van der Waals surface area contributed by atoms with Crippen LogP contribution in [0, 0.1) is 0 Å². The normalized spacial score (nSPS) is 16.8. The second kappa shape index (κ2) is 11.3. The van der Waals surface area contributed by atoms with Crippen molar-refractivity contribution in [3.05, 3.63) is 30.6 Å². The third-order valence-electron chi connectivity index (χ3n) is 6.81. The molecule has 4 rings (SSSR count). The average Bonchev–Trinajstić information content (AvgIpc) is 3.32. The maximum Gasteiger partial charge on any atom is 0.491 e. The molecule has 3 heterocycles. The molecule has 238 valence electrons. The number of nitrogens with one attached hydrogen (secondary N) is 1. The predicted octanol–water partition coefficient (Wildman–Crippen LogP) is 4.62. The van der Waals surface area contributed by atoms with Crippen molar-refractivity contribution in [3.63, 3.8) is 0 Å². The molecule has 0 aliphatic carbocycles. The third kappa shape index (κ3) is 7.26. The van der Waals surface area contributed by atoms with Gasteiger partial charge in [-0.15, -0.1) is 10.2 Å². The highest BCUT2D eigenvalue weighted by molar-refractivity contribution is 5.89. The molecule has 1 aliphatic rings. The lowest BCUT2D eigenvalue weighted by Crippen LogP contribution is -2.62. The first kappa shape index (κ1) is 32.6. The summed E-state index contributed by atoms with van der Waals surface area (Å²) in [6.45, 7) is 8.22. The zero-order valence-corrected chi connectivity index (χ0v) is 24.5. The van der Waals surface area contributed by atoms with Gasteiger partial charge in [0.15, 0.2) is 11.5 Å². The third-order valence-corrected chi connectivity index (χ3v) is 6.81. The highest BCUT2D eigenvalue weighted by atomic mass is 19.4. The lowest BCUT2D eigenvalue weighted by atomic mass is 9.79. The minimum absolute atomic E-state index is 0.0248. The van der Waals surface area contributed by atoms with Gasteiger partial charge in [0.25, 0.3) is 0 Å². The van der Waals surface area contributed by atoms with Gasteiger partial charge in [0.1, 0.15) is 5.69 Å². The number of esters is 2. The summed E-state index contributed by atoms with van der Waals surface area (Å²) in [5.74, 6) is -7.69. The smallest absolute Gasteiger partial charge is 0.415 e. The molecule has 3 aromatic rings. The number of piperidine rings is 1. The van der Waals surface area contributed by atoms with E-state index in [0.29, 0.717) is 0 Å². The number of nitrogens with zero attached hydrogens (tertiary/aromatic N) is 6. The Balaban J connectivity index is 1.82. The average molecular weight is 630 g/mol. The van der Waals surface area contributed by atoms with Gasteiger partial charge in [0.05, 0.1) is 17.5 Å². The molecule has 0 bridgehead atoms. The fourth-order valence-electron chi connectivity index (χ4n) is 5.29. The maximum absolute atomic E-state index is 13.3. The van der Waals surface area contributed by atoms with E-state index in [4.69, 9.17) is 0 Å². The molecule has 0 atom stereocenters. The molecular weight excluding hydrogens is 600 g/mol. The minimum Gasteiger partial charge on any atom is -0.415 e. The van der Waals surface area contributed by atoms with Gasteiger partial charge in [-0.05, 0) is 58.7 Å². The Morgan fingerprint density at radius 3 is 1.80 bits per heavy atom. The monoisotopic (exact) mass is 629 g/mol. The highest BCUT2D eigenvalue weighted by Crippen LogP contribution is 2.45. The van der Waals surface area contributed by atoms with E-state index < -0.39 is 41.4 Å². The van der Waals surface area contributed by atoms with Crippen molar-refractivity contribution >= 4 is 17.9 Å². The second-order valence-corrected chi connectivity index (χ2v) is 11.7. The second-order valence-electron chi connectivity index (χ2n) is 11.7. The van der Waals surface area contributed by atoms with Gasteiger partial charge in [0.2, 0.25) is 5.95 Å². The molecule has 17 heteroatoms. The predicted molar refractivity (Wildman–Crippen MR) is 144 cm³/mol. The van der Waals surface area contributed by atoms with Crippen LogP contribution in [0.4, 0.5) is 32.3 Å². The zero-order valence-electron chi connectivity index (χ0n) is 24.5. The van der Waals surface area contributed by atoms with Crippen LogP contribution in [-0.4, -0.2) is 73.4 Å². The Hall–Kier alpha value is -4.28. The first-order valence-corrected chi connectivity index (χ1v) is 13.1. The van der Waals surface area contributed by atoms with Gasteiger partial charge in [-0.3, -0.25) is 4.68 Å². The summed E-state index contributed by atoms with van der Waals surface area (Å²) >= 11 is 0. The van der Waals surface area contributed by atoms with Crippen LogP contribution in [0.5, 0.6) is 11.5 Å². The molecule has 11 nitrogen and oxygen atoms in total. The molecule has 1 aromatic carbocycles. The number of carbonyl (C=O) groups is 2. The fourth-order valence-corrected chi connectivity index (χ4v) is 5.29. The van der Waals surface area contributed by atoms with Crippen LogP contribution in [-0.2, 0) is 16.6 Å². The van der Waals surface area contributed by atoms with E-state index in [-0.39, 0.29) is 40.0 Å². The van der Waals surface area contributed by atoms with Crippen LogP contribution in [0.2, 0.25) is 0 Å². The summed E-state index contributed by atoms with van der Waals surface area (Å²) in [6, 6.07) is 3.51.